The molecule has 0 bridgehead atoms. The van der Waals surface area contributed by atoms with E-state index in [2.05, 4.69) is 10.1 Å². The highest BCUT2D eigenvalue weighted by Gasteiger charge is 2.07. The summed E-state index contributed by atoms with van der Waals surface area (Å²) < 4.78 is 1.80. The minimum Gasteiger partial charge on any atom is -0.350 e. The van der Waals surface area contributed by atoms with Crippen LogP contribution in [0.15, 0.2) is 42.6 Å². The first-order chi connectivity index (χ1) is 7.88. The molecule has 16 heavy (non-hydrogen) atoms. The van der Waals surface area contributed by atoms with E-state index in [4.69, 9.17) is 0 Å². The van der Waals surface area contributed by atoms with E-state index < -0.39 is 0 Å². The van der Waals surface area contributed by atoms with Crippen molar-refractivity contribution in [1.29, 1.82) is 0 Å². The standard InChI is InChI=1S/C12H9N3O/c16-8-9-6-12-11(14-9)7-13-15(12)10-4-2-1-3-5-10/h1-8,14H. The highest BCUT2D eigenvalue weighted by molar-refractivity contribution is 5.86. The van der Waals surface area contributed by atoms with Crippen LogP contribution in [0, 0.1) is 0 Å². The molecule has 78 valence electrons. The van der Waals surface area contributed by atoms with Crippen LogP contribution in [0.2, 0.25) is 0 Å². The molecule has 2 heterocycles. The third-order valence-corrected chi connectivity index (χ3v) is 2.51. The molecule has 2 aromatic heterocycles. The van der Waals surface area contributed by atoms with Crippen molar-refractivity contribution in [2.24, 2.45) is 0 Å². The summed E-state index contributed by atoms with van der Waals surface area (Å²) in [5, 5.41) is 4.27. The van der Waals surface area contributed by atoms with Gasteiger partial charge in [0.15, 0.2) is 6.29 Å². The average Bonchev–Trinajstić information content (AvgIpc) is 2.88. The number of rotatable bonds is 2. The lowest BCUT2D eigenvalue weighted by molar-refractivity contribution is 0.112. The van der Waals surface area contributed by atoms with Gasteiger partial charge in [0, 0.05) is 0 Å². The van der Waals surface area contributed by atoms with Gasteiger partial charge in [0.2, 0.25) is 0 Å². The molecule has 0 aliphatic rings. The Kier molecular flexibility index (Phi) is 1.86. The van der Waals surface area contributed by atoms with Crippen LogP contribution in [0.1, 0.15) is 10.5 Å². The molecule has 0 aliphatic heterocycles. The van der Waals surface area contributed by atoms with Gasteiger partial charge in [-0.2, -0.15) is 5.10 Å². The van der Waals surface area contributed by atoms with Crippen LogP contribution in [-0.4, -0.2) is 21.1 Å². The Bertz CT molecular complexity index is 637. The van der Waals surface area contributed by atoms with Crippen LogP contribution in [0.25, 0.3) is 16.7 Å². The average molecular weight is 211 g/mol. The maximum absolute atomic E-state index is 10.7. The van der Waals surface area contributed by atoms with Crippen LogP contribution >= 0.6 is 0 Å². The highest BCUT2D eigenvalue weighted by atomic mass is 16.1. The van der Waals surface area contributed by atoms with Gasteiger partial charge in [0.05, 0.1) is 28.6 Å². The molecule has 0 atom stereocenters. The smallest absolute Gasteiger partial charge is 0.166 e. The van der Waals surface area contributed by atoms with E-state index in [0.29, 0.717) is 5.69 Å². The molecule has 4 heteroatoms. The summed E-state index contributed by atoms with van der Waals surface area (Å²) >= 11 is 0. The van der Waals surface area contributed by atoms with E-state index in [9.17, 15) is 4.79 Å². The van der Waals surface area contributed by atoms with Crippen molar-refractivity contribution in [2.45, 2.75) is 0 Å². The van der Waals surface area contributed by atoms with E-state index in [1.165, 1.54) is 0 Å². The van der Waals surface area contributed by atoms with Crippen LogP contribution in [-0.2, 0) is 0 Å². The number of carbonyl (C=O) groups is 1. The summed E-state index contributed by atoms with van der Waals surface area (Å²) in [6.07, 6.45) is 2.52. The Hall–Kier alpha value is -2.36. The van der Waals surface area contributed by atoms with Gasteiger partial charge < -0.3 is 4.98 Å². The van der Waals surface area contributed by atoms with Gasteiger partial charge >= 0.3 is 0 Å². The number of H-pyrrole nitrogens is 1. The molecule has 1 N–H and O–H groups in total. The Morgan fingerprint density at radius 2 is 2.06 bits per heavy atom. The van der Waals surface area contributed by atoms with Crippen molar-refractivity contribution in [1.82, 2.24) is 14.8 Å². The van der Waals surface area contributed by atoms with E-state index in [0.717, 1.165) is 23.0 Å². The van der Waals surface area contributed by atoms with Gasteiger partial charge in [-0.15, -0.1) is 0 Å². The third-order valence-electron chi connectivity index (χ3n) is 2.51. The van der Waals surface area contributed by atoms with Crippen LogP contribution in [0.3, 0.4) is 0 Å². The molecule has 3 aromatic rings. The zero-order chi connectivity index (χ0) is 11.0. The SMILES string of the molecule is O=Cc1cc2c(cnn2-c2ccccc2)[nH]1. The van der Waals surface area contributed by atoms with Crippen LogP contribution in [0.5, 0.6) is 0 Å². The number of carbonyl (C=O) groups excluding carboxylic acids is 1. The molecule has 0 saturated heterocycles. The molecular formula is C12H9N3O. The fourth-order valence-corrected chi connectivity index (χ4v) is 1.77. The molecule has 0 fully saturated rings. The molecule has 0 unspecified atom stereocenters. The van der Waals surface area contributed by atoms with Crippen molar-refractivity contribution in [3.63, 3.8) is 0 Å². The number of nitrogens with zero attached hydrogens (tertiary/aromatic N) is 2. The maximum atomic E-state index is 10.7. The predicted molar refractivity (Wildman–Crippen MR) is 60.8 cm³/mol. The molecule has 0 radical (unpaired) electrons. The van der Waals surface area contributed by atoms with Gasteiger partial charge in [0.25, 0.3) is 0 Å². The first-order valence-electron chi connectivity index (χ1n) is 4.96. The number of benzene rings is 1. The summed E-state index contributed by atoms with van der Waals surface area (Å²) in [6, 6.07) is 11.6. The van der Waals surface area contributed by atoms with E-state index in [1.54, 1.807) is 16.9 Å². The fourth-order valence-electron chi connectivity index (χ4n) is 1.77. The van der Waals surface area contributed by atoms with Crippen molar-refractivity contribution in [3.05, 3.63) is 48.3 Å². The van der Waals surface area contributed by atoms with E-state index in [1.807, 2.05) is 30.3 Å². The topological polar surface area (TPSA) is 50.7 Å². The molecule has 3 rings (SSSR count). The lowest BCUT2D eigenvalue weighted by Gasteiger charge is -2.00. The number of aldehydes is 1. The molecule has 0 saturated carbocycles. The number of hydrogen-bond donors (Lipinski definition) is 1. The van der Waals surface area contributed by atoms with Gasteiger partial charge in [-0.1, -0.05) is 18.2 Å². The number of nitrogens with one attached hydrogen (secondary N) is 1. The summed E-state index contributed by atoms with van der Waals surface area (Å²) in [5.41, 5.74) is 3.32. The lowest BCUT2D eigenvalue weighted by atomic mass is 10.3. The number of fused-ring (bicyclic) bond motifs is 1. The number of para-hydroxylation sites is 1. The van der Waals surface area contributed by atoms with Gasteiger partial charge in [-0.05, 0) is 18.2 Å². The maximum Gasteiger partial charge on any atom is 0.166 e. The lowest BCUT2D eigenvalue weighted by Crippen LogP contribution is -1.94. The molecular weight excluding hydrogens is 202 g/mol. The van der Waals surface area contributed by atoms with Gasteiger partial charge in [0.1, 0.15) is 0 Å². The van der Waals surface area contributed by atoms with Crippen LogP contribution < -0.4 is 0 Å². The minimum absolute atomic E-state index is 0.567. The predicted octanol–water partition coefficient (Wildman–Crippen LogP) is 2.17. The van der Waals surface area contributed by atoms with Gasteiger partial charge in [-0.3, -0.25) is 4.79 Å². The number of hydrogen-bond acceptors (Lipinski definition) is 2. The largest absolute Gasteiger partial charge is 0.350 e. The second-order valence-corrected chi connectivity index (χ2v) is 3.53. The summed E-state index contributed by atoms with van der Waals surface area (Å²) in [5.74, 6) is 0. The van der Waals surface area contributed by atoms with Crippen molar-refractivity contribution in [2.75, 3.05) is 0 Å². The highest BCUT2D eigenvalue weighted by Crippen LogP contribution is 2.18. The number of aromatic nitrogens is 3. The Morgan fingerprint density at radius 1 is 1.25 bits per heavy atom. The Labute approximate surface area is 91.5 Å². The monoisotopic (exact) mass is 211 g/mol. The second-order valence-electron chi connectivity index (χ2n) is 3.53. The van der Waals surface area contributed by atoms with Gasteiger partial charge in [-0.25, -0.2) is 4.68 Å². The molecule has 4 nitrogen and oxygen atoms in total. The Morgan fingerprint density at radius 3 is 2.81 bits per heavy atom. The normalized spacial score (nSPS) is 10.8. The van der Waals surface area contributed by atoms with Crippen LogP contribution in [0.4, 0.5) is 0 Å². The minimum atomic E-state index is 0.567. The zero-order valence-electron chi connectivity index (χ0n) is 8.42. The van der Waals surface area contributed by atoms with Crippen molar-refractivity contribution in [3.8, 4) is 5.69 Å². The van der Waals surface area contributed by atoms with Crippen molar-refractivity contribution < 1.29 is 4.79 Å². The first-order valence-corrected chi connectivity index (χ1v) is 4.96. The molecule has 1 aromatic carbocycles. The van der Waals surface area contributed by atoms with Crippen molar-refractivity contribution >= 4 is 17.3 Å². The Balaban J connectivity index is 2.24. The zero-order valence-corrected chi connectivity index (χ0v) is 8.42. The van der Waals surface area contributed by atoms with E-state index >= 15 is 0 Å². The first kappa shape index (κ1) is 8.91. The fraction of sp³-hybridized carbons (Fsp3) is 0. The molecule has 0 amide bonds. The summed E-state index contributed by atoms with van der Waals surface area (Å²) in [7, 11) is 0. The molecule has 0 aliphatic carbocycles. The molecule has 0 spiro atoms. The quantitative estimate of drug-likeness (QED) is 0.660. The summed E-state index contributed by atoms with van der Waals surface area (Å²) in [6.45, 7) is 0. The third kappa shape index (κ3) is 1.24. The second kappa shape index (κ2) is 3.34. The summed E-state index contributed by atoms with van der Waals surface area (Å²) in [4.78, 5) is 13.6. The number of aromatic amines is 1. The van der Waals surface area contributed by atoms with E-state index in [-0.39, 0.29) is 0 Å².